The van der Waals surface area contributed by atoms with Gasteiger partial charge in [-0.3, -0.25) is 9.59 Å². The van der Waals surface area contributed by atoms with Crippen LogP contribution in [0, 0.1) is 0 Å². The molecule has 1 aromatic heterocycles. The number of benzene rings is 4. The van der Waals surface area contributed by atoms with Gasteiger partial charge in [-0.25, -0.2) is 0 Å². The number of Topliss-reactive ketones (excluding diaryl/α,β-unsaturated/α-hetero) is 1. The molecule has 2 fully saturated rings. The summed E-state index contributed by atoms with van der Waals surface area (Å²) in [5.41, 5.74) is -5.29. The third-order valence-corrected chi connectivity index (χ3v) is 9.48. The van der Waals surface area contributed by atoms with Crippen LogP contribution in [0.1, 0.15) is 21.5 Å². The number of ether oxygens (including phenoxy) is 4. The molecule has 0 unspecified atom stereocenters. The van der Waals surface area contributed by atoms with Gasteiger partial charge in [0, 0.05) is 29.3 Å². The summed E-state index contributed by atoms with van der Waals surface area (Å²) >= 11 is 0. The molecule has 0 bridgehead atoms. The van der Waals surface area contributed by atoms with E-state index < -0.39 is 117 Å². The van der Waals surface area contributed by atoms with E-state index in [2.05, 4.69) is 0 Å². The molecule has 5 aromatic rings. The van der Waals surface area contributed by atoms with Crippen molar-refractivity contribution in [2.45, 2.75) is 42.1 Å². The molecule has 17 heteroatoms. The number of aromatic hydroxyl groups is 6. The quantitative estimate of drug-likeness (QED) is 0.110. The number of fused-ring (bicyclic) bond motifs is 3. The molecule has 0 amide bonds. The van der Waals surface area contributed by atoms with E-state index in [4.69, 9.17) is 23.4 Å². The van der Waals surface area contributed by atoms with Crippen molar-refractivity contribution < 1.29 is 79.2 Å². The summed E-state index contributed by atoms with van der Waals surface area (Å²) in [7, 11) is 0. The minimum Gasteiger partial charge on any atom is -0.508 e. The monoisotopic (exact) mass is 732 g/mol. The minimum absolute atomic E-state index is 0.0128. The van der Waals surface area contributed by atoms with Gasteiger partial charge in [0.15, 0.2) is 11.3 Å². The van der Waals surface area contributed by atoms with Crippen LogP contribution in [0.25, 0.3) is 22.3 Å². The van der Waals surface area contributed by atoms with Crippen LogP contribution in [0.2, 0.25) is 0 Å². The van der Waals surface area contributed by atoms with Crippen LogP contribution in [0.15, 0.2) is 75.9 Å². The number of rotatable bonds is 6. The number of carbonyl (C=O) groups is 1. The van der Waals surface area contributed by atoms with Gasteiger partial charge in [-0.1, -0.05) is 0 Å². The van der Waals surface area contributed by atoms with E-state index in [0.717, 1.165) is 12.1 Å². The second kappa shape index (κ2) is 11.7. The SMILES string of the molecule is O=C1c2c(O)cc(O)cc2O[C@@]2(c3ccc(O)cc3)O[C@@]12c1c(O)cc(O)c2c(=O)c(O[C@@H]3O[C@H](CO)[C@@H](O)[C@H](O)[C@H]3O)c(-c3ccc(O)cc3)oc12. The summed E-state index contributed by atoms with van der Waals surface area (Å²) in [5, 5.41) is 104. The van der Waals surface area contributed by atoms with Crippen molar-refractivity contribution >= 4 is 16.8 Å². The number of carbonyl (C=O) groups excluding carboxylic acids is 1. The molecule has 4 aromatic carbocycles. The number of ketones is 1. The predicted molar refractivity (Wildman–Crippen MR) is 175 cm³/mol. The van der Waals surface area contributed by atoms with Gasteiger partial charge >= 0.3 is 0 Å². The van der Waals surface area contributed by atoms with Crippen LogP contribution in [0.4, 0.5) is 0 Å². The van der Waals surface area contributed by atoms with E-state index in [-0.39, 0.29) is 28.4 Å². The molecule has 10 N–H and O–H groups in total. The number of aliphatic hydroxyl groups excluding tert-OH is 4. The minimum atomic E-state index is -2.48. The fraction of sp³-hybridized carbons (Fsp3) is 0.222. The smallest absolute Gasteiger partial charge is 0.280 e. The molecule has 0 aliphatic carbocycles. The number of phenolic OH excluding ortho intramolecular Hbond substituents is 6. The van der Waals surface area contributed by atoms with Gasteiger partial charge < -0.3 is 74.4 Å². The van der Waals surface area contributed by atoms with Gasteiger partial charge in [0.2, 0.25) is 28.9 Å². The summed E-state index contributed by atoms with van der Waals surface area (Å²) in [5.74, 6) is -8.15. The third-order valence-electron chi connectivity index (χ3n) is 9.48. The van der Waals surface area contributed by atoms with Crippen LogP contribution in [0.5, 0.6) is 46.0 Å². The van der Waals surface area contributed by atoms with Crippen molar-refractivity contribution in [3.05, 3.63) is 93.6 Å². The highest BCUT2D eigenvalue weighted by molar-refractivity contribution is 6.13. The van der Waals surface area contributed by atoms with Crippen molar-refractivity contribution in [2.24, 2.45) is 0 Å². The normalized spacial score (nSPS) is 27.5. The average molecular weight is 733 g/mol. The van der Waals surface area contributed by atoms with E-state index >= 15 is 0 Å². The first-order chi connectivity index (χ1) is 25.2. The lowest BCUT2D eigenvalue weighted by Crippen LogP contribution is -2.60. The Labute approximate surface area is 295 Å². The fourth-order valence-corrected chi connectivity index (χ4v) is 6.88. The average Bonchev–Trinajstić information content (AvgIpc) is 3.80. The van der Waals surface area contributed by atoms with E-state index in [1.807, 2.05) is 0 Å². The first kappa shape index (κ1) is 34.0. The Morgan fingerprint density at radius 2 is 1.40 bits per heavy atom. The summed E-state index contributed by atoms with van der Waals surface area (Å²) in [6.07, 6.45) is -9.04. The van der Waals surface area contributed by atoms with Crippen molar-refractivity contribution in [1.82, 2.24) is 0 Å². The highest BCUT2D eigenvalue weighted by Gasteiger charge is 2.83. The summed E-state index contributed by atoms with van der Waals surface area (Å²) in [6.45, 7) is -0.829. The lowest BCUT2D eigenvalue weighted by molar-refractivity contribution is -0.277. The van der Waals surface area contributed by atoms with E-state index in [1.54, 1.807) is 0 Å². The number of hydrogen-bond acceptors (Lipinski definition) is 17. The van der Waals surface area contributed by atoms with Crippen LogP contribution in [0.3, 0.4) is 0 Å². The van der Waals surface area contributed by atoms with Crippen LogP contribution in [-0.4, -0.2) is 94.2 Å². The topological polar surface area (TPSA) is 290 Å². The molecule has 2 saturated heterocycles. The molecular weight excluding hydrogens is 704 g/mol. The van der Waals surface area contributed by atoms with Crippen molar-refractivity contribution in [2.75, 3.05) is 6.61 Å². The van der Waals surface area contributed by atoms with E-state index in [0.29, 0.717) is 6.07 Å². The lowest BCUT2D eigenvalue weighted by Gasteiger charge is -2.39. The van der Waals surface area contributed by atoms with Crippen molar-refractivity contribution in [1.29, 1.82) is 0 Å². The number of hydrogen-bond donors (Lipinski definition) is 10. The molecule has 274 valence electrons. The zero-order chi connectivity index (χ0) is 37.7. The summed E-state index contributed by atoms with van der Waals surface area (Å²) in [6, 6.07) is 12.8. The van der Waals surface area contributed by atoms with Crippen LogP contribution in [-0.2, 0) is 20.9 Å². The Morgan fingerprint density at radius 3 is 2.06 bits per heavy atom. The number of epoxide rings is 1. The van der Waals surface area contributed by atoms with Crippen molar-refractivity contribution in [3.63, 3.8) is 0 Å². The zero-order valence-corrected chi connectivity index (χ0v) is 26.8. The van der Waals surface area contributed by atoms with E-state index in [1.165, 1.54) is 48.5 Å². The number of aliphatic hydroxyl groups is 4. The Balaban J connectivity index is 1.41. The first-order valence-electron chi connectivity index (χ1n) is 15.8. The van der Waals surface area contributed by atoms with Gasteiger partial charge in [0.05, 0.1) is 12.2 Å². The summed E-state index contributed by atoms with van der Waals surface area (Å²) < 4.78 is 29.8. The molecule has 4 heterocycles. The molecular formula is C36H28O17. The van der Waals surface area contributed by atoms with Crippen LogP contribution < -0.4 is 14.9 Å². The van der Waals surface area contributed by atoms with Crippen molar-refractivity contribution in [3.8, 4) is 57.3 Å². The second-order valence-corrected chi connectivity index (χ2v) is 12.7. The molecule has 3 aliphatic rings. The molecule has 3 aliphatic heterocycles. The number of phenols is 6. The van der Waals surface area contributed by atoms with Gasteiger partial charge in [-0.15, -0.1) is 0 Å². The molecule has 0 saturated carbocycles. The molecule has 17 nitrogen and oxygen atoms in total. The maximum Gasteiger partial charge on any atom is 0.280 e. The van der Waals surface area contributed by atoms with E-state index in [9.17, 15) is 60.7 Å². The zero-order valence-electron chi connectivity index (χ0n) is 26.8. The Bertz CT molecular complexity index is 2370. The van der Waals surface area contributed by atoms with Gasteiger partial charge in [0.1, 0.15) is 75.6 Å². The Kier molecular flexibility index (Phi) is 7.52. The van der Waals surface area contributed by atoms with Gasteiger partial charge in [-0.05, 0) is 48.5 Å². The molecule has 0 radical (unpaired) electrons. The summed E-state index contributed by atoms with van der Waals surface area (Å²) in [4.78, 5) is 29.1. The largest absolute Gasteiger partial charge is 0.508 e. The fourth-order valence-electron chi connectivity index (χ4n) is 6.88. The molecule has 7 atom stereocenters. The Morgan fingerprint density at radius 1 is 0.736 bits per heavy atom. The van der Waals surface area contributed by atoms with Crippen LogP contribution >= 0.6 is 0 Å². The highest BCUT2D eigenvalue weighted by Crippen LogP contribution is 2.70. The first-order valence-corrected chi connectivity index (χ1v) is 15.8. The lowest BCUT2D eigenvalue weighted by atomic mass is 9.79. The van der Waals surface area contributed by atoms with Gasteiger partial charge in [0.25, 0.3) is 5.79 Å². The maximum atomic E-state index is 14.6. The molecule has 53 heavy (non-hydrogen) atoms. The second-order valence-electron chi connectivity index (χ2n) is 12.7. The predicted octanol–water partition coefficient (Wildman–Crippen LogP) is 1.23. The molecule has 8 rings (SSSR count). The maximum absolute atomic E-state index is 14.6. The third kappa shape index (κ3) is 4.79. The van der Waals surface area contributed by atoms with Gasteiger partial charge in [-0.2, -0.15) is 0 Å². The highest BCUT2D eigenvalue weighted by atomic mass is 16.8. The standard InChI is InChI=1S/C36H28O17/c37-12-22-26(44)28(46)29(47)34(49-22)51-32-27(45)24-19(42)11-20(43)25(31(24)50-30(32)13-1-5-15(38)6-2-13)35-33(48)23-18(41)9-17(40)10-21(23)52-36(35,53-35)14-3-7-16(39)8-4-14/h1-11,22,26,28-29,34,37-44,46-47H,12H2/t22-,26-,28+,29-,34+,35+,36+/m1/s1. The molecule has 0 spiro atoms. The Hall–Kier alpha value is -6.08.